The van der Waals surface area contributed by atoms with Gasteiger partial charge in [0.05, 0.1) is 6.04 Å². The van der Waals surface area contributed by atoms with E-state index in [4.69, 9.17) is 5.73 Å². The molecule has 0 unspecified atom stereocenters. The zero-order valence-electron chi connectivity index (χ0n) is 6.63. The number of hydrogen-bond acceptors (Lipinski definition) is 2. The van der Waals surface area contributed by atoms with Gasteiger partial charge in [-0.15, -0.1) is 0 Å². The summed E-state index contributed by atoms with van der Waals surface area (Å²) in [6.45, 7) is 3.98. The lowest BCUT2D eigenvalue weighted by atomic mass is 9.98. The molecule has 0 aromatic rings. The third kappa shape index (κ3) is 1.57. The van der Waals surface area contributed by atoms with Crippen LogP contribution >= 0.6 is 0 Å². The Hall–Kier alpha value is -0.370. The second kappa shape index (κ2) is 2.70. The highest BCUT2D eigenvalue weighted by Gasteiger charge is 2.33. The van der Waals surface area contributed by atoms with Crippen LogP contribution in [0.25, 0.3) is 0 Å². The van der Waals surface area contributed by atoms with Gasteiger partial charge in [0, 0.05) is 5.92 Å². The van der Waals surface area contributed by atoms with Gasteiger partial charge in [-0.2, -0.15) is 0 Å². The first-order chi connectivity index (χ1) is 4.63. The van der Waals surface area contributed by atoms with Crippen molar-refractivity contribution in [3.05, 3.63) is 0 Å². The molecule has 1 aliphatic rings. The van der Waals surface area contributed by atoms with E-state index >= 15 is 0 Å². The van der Waals surface area contributed by atoms with Crippen LogP contribution in [-0.2, 0) is 4.79 Å². The molecule has 1 rings (SSSR count). The molecule has 2 heteroatoms. The lowest BCUT2D eigenvalue weighted by molar-refractivity contribution is -0.122. The Kier molecular flexibility index (Phi) is 2.09. The molecule has 58 valence electrons. The summed E-state index contributed by atoms with van der Waals surface area (Å²) < 4.78 is 0. The van der Waals surface area contributed by atoms with Gasteiger partial charge in [0.25, 0.3) is 0 Å². The molecule has 2 N–H and O–H groups in total. The Morgan fingerprint density at radius 2 is 2.00 bits per heavy atom. The van der Waals surface area contributed by atoms with E-state index in [1.165, 1.54) is 0 Å². The maximum Gasteiger partial charge on any atom is 0.152 e. The summed E-state index contributed by atoms with van der Waals surface area (Å²) in [7, 11) is 0. The molecule has 0 spiro atoms. The average Bonchev–Trinajstić information content (AvgIpc) is 2.65. The van der Waals surface area contributed by atoms with E-state index in [9.17, 15) is 4.79 Å². The Morgan fingerprint density at radius 1 is 1.50 bits per heavy atom. The van der Waals surface area contributed by atoms with Gasteiger partial charge in [-0.25, -0.2) is 0 Å². The molecule has 2 nitrogen and oxygen atoms in total. The molecule has 1 fully saturated rings. The van der Waals surface area contributed by atoms with Crippen molar-refractivity contribution in [2.24, 2.45) is 17.6 Å². The highest BCUT2D eigenvalue weighted by atomic mass is 16.1. The van der Waals surface area contributed by atoms with Gasteiger partial charge in [0.1, 0.15) is 0 Å². The molecular formula is C8H15NO. The van der Waals surface area contributed by atoms with E-state index in [-0.39, 0.29) is 11.8 Å². The van der Waals surface area contributed by atoms with E-state index in [0.717, 1.165) is 12.8 Å². The van der Waals surface area contributed by atoms with Crippen molar-refractivity contribution in [1.82, 2.24) is 0 Å². The first kappa shape index (κ1) is 7.73. The number of carbonyl (C=O) groups is 1. The van der Waals surface area contributed by atoms with Crippen LogP contribution in [0, 0.1) is 11.8 Å². The first-order valence-corrected chi connectivity index (χ1v) is 3.92. The normalized spacial score (nSPS) is 21.2. The third-order valence-corrected chi connectivity index (χ3v) is 2.03. The summed E-state index contributed by atoms with van der Waals surface area (Å²) in [6.07, 6.45) is 2.14. The van der Waals surface area contributed by atoms with E-state index in [1.807, 2.05) is 13.8 Å². The van der Waals surface area contributed by atoms with Crippen LogP contribution in [-0.4, -0.2) is 11.8 Å². The van der Waals surface area contributed by atoms with Gasteiger partial charge in [0.2, 0.25) is 0 Å². The third-order valence-electron chi connectivity index (χ3n) is 2.03. The van der Waals surface area contributed by atoms with Crippen LogP contribution in [0.15, 0.2) is 0 Å². The monoisotopic (exact) mass is 141 g/mol. The van der Waals surface area contributed by atoms with E-state index in [1.54, 1.807) is 0 Å². The molecule has 0 amide bonds. The minimum atomic E-state index is -0.215. The molecule has 1 saturated carbocycles. The van der Waals surface area contributed by atoms with Gasteiger partial charge in [-0.3, -0.25) is 4.79 Å². The lowest BCUT2D eigenvalue weighted by Gasteiger charge is -2.12. The zero-order chi connectivity index (χ0) is 7.72. The average molecular weight is 141 g/mol. The summed E-state index contributed by atoms with van der Waals surface area (Å²) >= 11 is 0. The number of Topliss-reactive ketones (excluding diaryl/α,β-unsaturated/α-hetero) is 1. The van der Waals surface area contributed by atoms with Crippen LogP contribution in [0.3, 0.4) is 0 Å². The van der Waals surface area contributed by atoms with Crippen LogP contribution < -0.4 is 5.73 Å². The summed E-state index contributed by atoms with van der Waals surface area (Å²) in [5, 5.41) is 0. The standard InChI is InChI=1S/C8H15NO/c1-5(2)7(9)8(10)6-3-4-6/h5-7H,3-4,9H2,1-2H3/t7-/m1/s1. The number of carbonyl (C=O) groups excluding carboxylic acids is 1. The Labute approximate surface area is 61.8 Å². The summed E-state index contributed by atoms with van der Waals surface area (Å²) in [5.41, 5.74) is 5.65. The van der Waals surface area contributed by atoms with E-state index in [2.05, 4.69) is 0 Å². The molecule has 0 heterocycles. The SMILES string of the molecule is CC(C)[C@@H](N)C(=O)C1CC1. The van der Waals surface area contributed by atoms with Crippen molar-refractivity contribution in [3.8, 4) is 0 Å². The second-order valence-corrected chi connectivity index (χ2v) is 3.45. The fraction of sp³-hybridized carbons (Fsp3) is 0.875. The molecule has 0 bridgehead atoms. The number of rotatable bonds is 3. The molecule has 10 heavy (non-hydrogen) atoms. The molecule has 0 aromatic carbocycles. The molecule has 1 aliphatic carbocycles. The maximum atomic E-state index is 11.2. The zero-order valence-corrected chi connectivity index (χ0v) is 6.63. The molecule has 0 saturated heterocycles. The second-order valence-electron chi connectivity index (χ2n) is 3.45. The molecule has 1 atom stereocenters. The Balaban J connectivity index is 2.38. The van der Waals surface area contributed by atoms with Crippen molar-refractivity contribution < 1.29 is 4.79 Å². The molecular weight excluding hydrogens is 126 g/mol. The van der Waals surface area contributed by atoms with Crippen molar-refractivity contribution >= 4 is 5.78 Å². The number of hydrogen-bond donors (Lipinski definition) is 1. The topological polar surface area (TPSA) is 43.1 Å². The minimum Gasteiger partial charge on any atom is -0.321 e. The smallest absolute Gasteiger partial charge is 0.152 e. The van der Waals surface area contributed by atoms with Gasteiger partial charge in [0.15, 0.2) is 5.78 Å². The fourth-order valence-electron chi connectivity index (χ4n) is 0.969. The van der Waals surface area contributed by atoms with Crippen molar-refractivity contribution in [3.63, 3.8) is 0 Å². The van der Waals surface area contributed by atoms with Crippen LogP contribution in [0.2, 0.25) is 0 Å². The largest absolute Gasteiger partial charge is 0.321 e. The highest BCUT2D eigenvalue weighted by molar-refractivity contribution is 5.88. The molecule has 0 aliphatic heterocycles. The predicted octanol–water partition coefficient (Wildman–Crippen LogP) is 0.949. The van der Waals surface area contributed by atoms with Crippen LogP contribution in [0.5, 0.6) is 0 Å². The van der Waals surface area contributed by atoms with Gasteiger partial charge >= 0.3 is 0 Å². The molecule has 0 aromatic heterocycles. The van der Waals surface area contributed by atoms with Gasteiger partial charge in [-0.1, -0.05) is 13.8 Å². The van der Waals surface area contributed by atoms with E-state index in [0.29, 0.717) is 11.8 Å². The fourth-order valence-corrected chi connectivity index (χ4v) is 0.969. The van der Waals surface area contributed by atoms with Crippen molar-refractivity contribution in [2.75, 3.05) is 0 Å². The Bertz CT molecular complexity index is 138. The minimum absolute atomic E-state index is 0.215. The van der Waals surface area contributed by atoms with Gasteiger partial charge < -0.3 is 5.73 Å². The van der Waals surface area contributed by atoms with Crippen molar-refractivity contribution in [1.29, 1.82) is 0 Å². The van der Waals surface area contributed by atoms with Crippen LogP contribution in [0.1, 0.15) is 26.7 Å². The predicted molar refractivity (Wildman–Crippen MR) is 40.5 cm³/mol. The summed E-state index contributed by atoms with van der Waals surface area (Å²) in [5.74, 6) is 0.889. The number of ketones is 1. The quantitative estimate of drug-likeness (QED) is 0.636. The van der Waals surface area contributed by atoms with Gasteiger partial charge in [-0.05, 0) is 18.8 Å². The Morgan fingerprint density at radius 3 is 2.30 bits per heavy atom. The summed E-state index contributed by atoms with van der Waals surface area (Å²) in [4.78, 5) is 11.2. The highest BCUT2D eigenvalue weighted by Crippen LogP contribution is 2.31. The molecule has 0 radical (unpaired) electrons. The first-order valence-electron chi connectivity index (χ1n) is 3.92. The maximum absolute atomic E-state index is 11.2. The number of nitrogens with two attached hydrogens (primary N) is 1. The van der Waals surface area contributed by atoms with Crippen LogP contribution in [0.4, 0.5) is 0 Å². The summed E-state index contributed by atoms with van der Waals surface area (Å²) in [6, 6.07) is -0.215. The van der Waals surface area contributed by atoms with Crippen molar-refractivity contribution in [2.45, 2.75) is 32.7 Å². The lowest BCUT2D eigenvalue weighted by Crippen LogP contribution is -2.36. The van der Waals surface area contributed by atoms with E-state index < -0.39 is 0 Å².